The number of fused-ring (bicyclic) bond motifs is 1. The van der Waals surface area contributed by atoms with E-state index in [1.807, 2.05) is 26.0 Å². The van der Waals surface area contributed by atoms with E-state index in [-0.39, 0.29) is 23.7 Å². The van der Waals surface area contributed by atoms with Gasteiger partial charge >= 0.3 is 11.9 Å². The van der Waals surface area contributed by atoms with Gasteiger partial charge in [-0.25, -0.2) is 0 Å². The second-order valence-corrected chi connectivity index (χ2v) is 9.24. The highest BCUT2D eigenvalue weighted by Crippen LogP contribution is 2.77. The molecule has 24 heavy (non-hydrogen) atoms. The van der Waals surface area contributed by atoms with Crippen molar-refractivity contribution in [1.82, 2.24) is 0 Å². The molecule has 130 valence electrons. The van der Waals surface area contributed by atoms with Gasteiger partial charge in [0.25, 0.3) is 0 Å². The molecule has 4 fully saturated rings. The summed E-state index contributed by atoms with van der Waals surface area (Å²) in [5.74, 6) is -1.91. The van der Waals surface area contributed by atoms with Crippen LogP contribution in [0.4, 0.5) is 0 Å². The standard InChI is InChI=1S/C19H24O5/c1-10-8-17-9-18(10,23)7-4-11(17)19-6-3-5-16(2,15(22)24-19)13(19)12(17)14(20)21/h3,5,10-13,23H,4,6-9H2,1-2H3,(H,20,21)/t10-,11-,12-,13-,16+,17+,18+,19-/m1/s1. The molecule has 1 heterocycles. The van der Waals surface area contributed by atoms with Gasteiger partial charge in [0.2, 0.25) is 0 Å². The lowest BCUT2D eigenvalue weighted by atomic mass is 9.62. The highest BCUT2D eigenvalue weighted by Gasteiger charge is 2.82. The summed E-state index contributed by atoms with van der Waals surface area (Å²) in [6.45, 7) is 3.88. The van der Waals surface area contributed by atoms with E-state index < -0.39 is 33.9 Å². The van der Waals surface area contributed by atoms with Gasteiger partial charge in [0, 0.05) is 18.3 Å². The van der Waals surface area contributed by atoms with Crippen LogP contribution in [0, 0.1) is 34.5 Å². The van der Waals surface area contributed by atoms with Crippen LogP contribution in [0.25, 0.3) is 0 Å². The molecule has 0 unspecified atom stereocenters. The fourth-order valence-electron chi connectivity index (χ4n) is 7.63. The Hall–Kier alpha value is -1.36. The van der Waals surface area contributed by atoms with Crippen molar-refractivity contribution in [3.63, 3.8) is 0 Å². The van der Waals surface area contributed by atoms with E-state index >= 15 is 0 Å². The smallest absolute Gasteiger partial charge is 0.316 e. The van der Waals surface area contributed by atoms with Crippen molar-refractivity contribution < 1.29 is 24.5 Å². The third-order valence-electron chi connectivity index (χ3n) is 8.40. The molecule has 5 heteroatoms. The molecule has 1 spiro atoms. The van der Waals surface area contributed by atoms with Crippen LogP contribution in [0.1, 0.15) is 46.0 Å². The van der Waals surface area contributed by atoms with Gasteiger partial charge in [-0.05, 0) is 43.9 Å². The minimum absolute atomic E-state index is 0.0389. The lowest BCUT2D eigenvalue weighted by molar-refractivity contribution is -0.162. The third kappa shape index (κ3) is 1.29. The topological polar surface area (TPSA) is 83.8 Å². The van der Waals surface area contributed by atoms with Gasteiger partial charge in [-0.1, -0.05) is 19.1 Å². The van der Waals surface area contributed by atoms with Crippen LogP contribution in [0.3, 0.4) is 0 Å². The van der Waals surface area contributed by atoms with Crippen molar-refractivity contribution >= 4 is 11.9 Å². The average Bonchev–Trinajstić information content (AvgIpc) is 2.88. The monoisotopic (exact) mass is 332 g/mol. The molecular formula is C19H24O5. The molecule has 4 aliphatic carbocycles. The minimum Gasteiger partial charge on any atom is -0.481 e. The second kappa shape index (κ2) is 3.90. The van der Waals surface area contributed by atoms with E-state index in [1.54, 1.807) is 0 Å². The summed E-state index contributed by atoms with van der Waals surface area (Å²) in [4.78, 5) is 25.0. The molecule has 5 rings (SSSR count). The van der Waals surface area contributed by atoms with Crippen LogP contribution in [-0.2, 0) is 14.3 Å². The maximum Gasteiger partial charge on any atom is 0.316 e. The number of ether oxygens (including phenoxy) is 1. The number of rotatable bonds is 1. The van der Waals surface area contributed by atoms with Crippen molar-refractivity contribution in [2.45, 2.75) is 57.2 Å². The maximum atomic E-state index is 12.6. The average molecular weight is 332 g/mol. The molecule has 0 aromatic carbocycles. The first kappa shape index (κ1) is 14.9. The van der Waals surface area contributed by atoms with E-state index in [1.165, 1.54) is 0 Å². The largest absolute Gasteiger partial charge is 0.481 e. The zero-order valence-corrected chi connectivity index (χ0v) is 14.1. The first-order chi connectivity index (χ1) is 11.2. The molecular weight excluding hydrogens is 308 g/mol. The number of carbonyl (C=O) groups is 2. The summed E-state index contributed by atoms with van der Waals surface area (Å²) in [7, 11) is 0. The quantitative estimate of drug-likeness (QED) is 0.568. The zero-order valence-electron chi connectivity index (χ0n) is 14.1. The molecule has 1 aliphatic heterocycles. The van der Waals surface area contributed by atoms with Crippen molar-refractivity contribution in [3.8, 4) is 0 Å². The molecule has 0 amide bonds. The Morgan fingerprint density at radius 2 is 2.17 bits per heavy atom. The number of carboxylic acids is 1. The second-order valence-electron chi connectivity index (χ2n) is 9.24. The predicted molar refractivity (Wildman–Crippen MR) is 83.8 cm³/mol. The molecule has 1 saturated heterocycles. The molecule has 0 radical (unpaired) electrons. The molecule has 5 aliphatic rings. The Bertz CT molecular complexity index is 700. The first-order valence-electron chi connectivity index (χ1n) is 9.06. The normalized spacial score (nSPS) is 59.9. The number of hydrogen-bond acceptors (Lipinski definition) is 4. The number of carboxylic acid groups (broad SMARTS) is 1. The molecule has 8 atom stereocenters. The van der Waals surface area contributed by atoms with Gasteiger partial charge in [-0.2, -0.15) is 0 Å². The Morgan fingerprint density at radius 3 is 2.88 bits per heavy atom. The summed E-state index contributed by atoms with van der Waals surface area (Å²) in [6.07, 6.45) is 7.18. The lowest BCUT2D eigenvalue weighted by Gasteiger charge is -2.45. The predicted octanol–water partition coefficient (Wildman–Crippen LogP) is 2.14. The number of hydrogen-bond donors (Lipinski definition) is 2. The molecule has 3 saturated carbocycles. The summed E-state index contributed by atoms with van der Waals surface area (Å²) < 4.78 is 6.02. The summed E-state index contributed by atoms with van der Waals surface area (Å²) in [5.41, 5.74) is -2.74. The van der Waals surface area contributed by atoms with Gasteiger partial charge in [-0.15, -0.1) is 0 Å². The Balaban J connectivity index is 1.75. The zero-order chi connectivity index (χ0) is 17.1. The fraction of sp³-hybridized carbons (Fsp3) is 0.789. The SMILES string of the molecule is C[C@@H]1C[C@]23C[C@@]1(O)CC[C@H]2[C@@]12CC=C[C@](C)(C(=O)O1)[C@H]2[C@@H]3C(=O)O. The molecule has 4 bridgehead atoms. The fourth-order valence-corrected chi connectivity index (χ4v) is 7.63. The number of esters is 1. The Morgan fingerprint density at radius 1 is 1.42 bits per heavy atom. The molecule has 0 aromatic heterocycles. The van der Waals surface area contributed by atoms with Crippen molar-refractivity contribution in [2.75, 3.05) is 0 Å². The van der Waals surface area contributed by atoms with Crippen LogP contribution >= 0.6 is 0 Å². The third-order valence-corrected chi connectivity index (χ3v) is 8.40. The minimum atomic E-state index is -0.850. The highest BCUT2D eigenvalue weighted by atomic mass is 16.6. The lowest BCUT2D eigenvalue weighted by Crippen LogP contribution is -2.47. The van der Waals surface area contributed by atoms with Crippen LogP contribution < -0.4 is 0 Å². The number of aliphatic hydroxyl groups is 1. The Labute approximate surface area is 141 Å². The van der Waals surface area contributed by atoms with Gasteiger partial charge in [0.15, 0.2) is 0 Å². The summed E-state index contributed by atoms with van der Waals surface area (Å²) in [6, 6.07) is 0. The van der Waals surface area contributed by atoms with Crippen LogP contribution in [0.5, 0.6) is 0 Å². The van der Waals surface area contributed by atoms with Crippen LogP contribution in [0.2, 0.25) is 0 Å². The van der Waals surface area contributed by atoms with Crippen molar-refractivity contribution in [2.24, 2.45) is 34.5 Å². The van der Waals surface area contributed by atoms with E-state index in [0.717, 1.165) is 12.8 Å². The summed E-state index contributed by atoms with van der Waals surface area (Å²) >= 11 is 0. The van der Waals surface area contributed by atoms with Gasteiger partial charge in [0.05, 0.1) is 16.9 Å². The van der Waals surface area contributed by atoms with E-state index in [9.17, 15) is 19.8 Å². The van der Waals surface area contributed by atoms with E-state index in [2.05, 4.69) is 0 Å². The molecule has 5 nitrogen and oxygen atoms in total. The van der Waals surface area contributed by atoms with Gasteiger partial charge in [-0.3, -0.25) is 9.59 Å². The van der Waals surface area contributed by atoms with Crippen molar-refractivity contribution in [1.29, 1.82) is 0 Å². The number of aliphatic carboxylic acids is 1. The van der Waals surface area contributed by atoms with Crippen LogP contribution in [0.15, 0.2) is 12.2 Å². The molecule has 0 aromatic rings. The summed E-state index contributed by atoms with van der Waals surface area (Å²) in [5, 5.41) is 21.2. The Kier molecular flexibility index (Phi) is 2.43. The highest BCUT2D eigenvalue weighted by molar-refractivity contribution is 5.86. The first-order valence-corrected chi connectivity index (χ1v) is 9.06. The van der Waals surface area contributed by atoms with Crippen molar-refractivity contribution in [3.05, 3.63) is 12.2 Å². The number of carbonyl (C=O) groups excluding carboxylic acids is 1. The van der Waals surface area contributed by atoms with Gasteiger partial charge < -0.3 is 14.9 Å². The van der Waals surface area contributed by atoms with E-state index in [0.29, 0.717) is 19.3 Å². The molecule has 2 N–H and O–H groups in total. The van der Waals surface area contributed by atoms with Crippen LogP contribution in [-0.4, -0.2) is 33.4 Å². The van der Waals surface area contributed by atoms with Gasteiger partial charge in [0.1, 0.15) is 5.60 Å². The van der Waals surface area contributed by atoms with E-state index in [4.69, 9.17) is 4.74 Å². The maximum absolute atomic E-state index is 12.6.